The minimum Gasteiger partial charge on any atom is -0.421 e. The van der Waals surface area contributed by atoms with Gasteiger partial charge in [0.05, 0.1) is 6.54 Å². The molecule has 0 amide bonds. The first kappa shape index (κ1) is 22.2. The molecule has 3 heterocycles. The molecule has 2 atom stereocenters. The van der Waals surface area contributed by atoms with E-state index < -0.39 is 0 Å². The highest BCUT2D eigenvalue weighted by Crippen LogP contribution is 2.38. The summed E-state index contributed by atoms with van der Waals surface area (Å²) in [6, 6.07) is 6.27. The van der Waals surface area contributed by atoms with E-state index in [-0.39, 0.29) is 17.6 Å². The Morgan fingerprint density at radius 3 is 2.69 bits per heavy atom. The second kappa shape index (κ2) is 8.75. The van der Waals surface area contributed by atoms with Crippen molar-refractivity contribution in [1.29, 1.82) is 0 Å². The fourth-order valence-corrected chi connectivity index (χ4v) is 5.25. The van der Waals surface area contributed by atoms with E-state index in [0.717, 1.165) is 48.8 Å². The Morgan fingerprint density at radius 2 is 1.91 bits per heavy atom. The second-order valence-electron chi connectivity index (χ2n) is 10.3. The molecule has 0 spiro atoms. The van der Waals surface area contributed by atoms with E-state index in [1.165, 1.54) is 18.4 Å². The van der Waals surface area contributed by atoms with E-state index in [4.69, 9.17) is 4.74 Å². The Hall–Kier alpha value is -3.26. The quantitative estimate of drug-likeness (QED) is 0.654. The van der Waals surface area contributed by atoms with E-state index in [1.807, 2.05) is 25.1 Å². The summed E-state index contributed by atoms with van der Waals surface area (Å²) < 4.78 is 21.2. The highest BCUT2D eigenvalue weighted by atomic mass is 19.1. The Labute approximate surface area is 205 Å². The molecule has 6 rings (SSSR count). The molecule has 2 fully saturated rings. The van der Waals surface area contributed by atoms with Gasteiger partial charge in [0.2, 0.25) is 0 Å². The molecule has 1 aromatic carbocycles. The van der Waals surface area contributed by atoms with Crippen molar-refractivity contribution in [2.75, 3.05) is 29.9 Å². The molecule has 35 heavy (non-hydrogen) atoms. The van der Waals surface area contributed by atoms with Crippen LogP contribution >= 0.6 is 0 Å². The van der Waals surface area contributed by atoms with Gasteiger partial charge in [-0.05, 0) is 69.2 Å². The lowest BCUT2D eigenvalue weighted by Gasteiger charge is -2.37. The fraction of sp³-hybridized carbons (Fsp3) is 0.444. The van der Waals surface area contributed by atoms with Crippen LogP contribution in [0.5, 0.6) is 11.8 Å². The van der Waals surface area contributed by atoms with Crippen molar-refractivity contribution < 1.29 is 9.13 Å². The number of halogens is 1. The van der Waals surface area contributed by atoms with E-state index in [0.29, 0.717) is 29.4 Å². The molecule has 0 unspecified atom stereocenters. The van der Waals surface area contributed by atoms with Gasteiger partial charge in [0.25, 0.3) is 0 Å². The molecule has 2 N–H and O–H groups in total. The molecule has 0 bridgehead atoms. The summed E-state index contributed by atoms with van der Waals surface area (Å²) in [6.45, 7) is 8.69. The first-order valence-electron chi connectivity index (χ1n) is 12.5. The van der Waals surface area contributed by atoms with Crippen LogP contribution in [0.4, 0.5) is 16.0 Å². The SMILES string of the molecule is CC1=Cc2c(ccc(Oc3nc(NC4=NCC(C5CC5)=C4)cc(N4C[C@@H](C)N[C@@H](C)C4)n3)c2F)C1. The smallest absolute Gasteiger partial charge is 0.326 e. The predicted octanol–water partition coefficient (Wildman–Crippen LogP) is 4.71. The van der Waals surface area contributed by atoms with Gasteiger partial charge in [0, 0.05) is 36.8 Å². The molecule has 7 nitrogen and oxygen atoms in total. The minimum atomic E-state index is -0.371. The fourth-order valence-electron chi connectivity index (χ4n) is 5.25. The largest absolute Gasteiger partial charge is 0.421 e. The van der Waals surface area contributed by atoms with Gasteiger partial charge < -0.3 is 20.3 Å². The second-order valence-corrected chi connectivity index (χ2v) is 10.3. The normalized spacial score (nSPS) is 23.5. The Kier molecular flexibility index (Phi) is 5.56. The summed E-state index contributed by atoms with van der Waals surface area (Å²) in [5, 5.41) is 6.89. The summed E-state index contributed by atoms with van der Waals surface area (Å²) in [5.41, 5.74) is 4.09. The third-order valence-corrected chi connectivity index (χ3v) is 6.98. The number of hydrogen-bond acceptors (Lipinski definition) is 7. The number of benzene rings is 1. The summed E-state index contributed by atoms with van der Waals surface area (Å²) in [5.74, 6) is 2.59. The molecule has 0 radical (unpaired) electrons. The van der Waals surface area contributed by atoms with Crippen LogP contribution < -0.4 is 20.3 Å². The van der Waals surface area contributed by atoms with Gasteiger partial charge in [-0.15, -0.1) is 0 Å². The maximum Gasteiger partial charge on any atom is 0.326 e. The molecule has 1 saturated carbocycles. The molecule has 1 aromatic heterocycles. The van der Waals surface area contributed by atoms with Crippen LogP contribution in [-0.2, 0) is 6.42 Å². The van der Waals surface area contributed by atoms with E-state index >= 15 is 4.39 Å². The number of amidine groups is 1. The van der Waals surface area contributed by atoms with E-state index in [9.17, 15) is 0 Å². The number of rotatable bonds is 5. The van der Waals surface area contributed by atoms with Crippen molar-refractivity contribution in [3.63, 3.8) is 0 Å². The average molecular weight is 475 g/mol. The Balaban J connectivity index is 1.32. The summed E-state index contributed by atoms with van der Waals surface area (Å²) in [4.78, 5) is 16.1. The predicted molar refractivity (Wildman–Crippen MR) is 137 cm³/mol. The van der Waals surface area contributed by atoms with Gasteiger partial charge in [-0.1, -0.05) is 17.7 Å². The summed E-state index contributed by atoms with van der Waals surface area (Å²) in [7, 11) is 0. The molecule has 2 aliphatic heterocycles. The summed E-state index contributed by atoms with van der Waals surface area (Å²) >= 11 is 0. The van der Waals surface area contributed by atoms with Gasteiger partial charge in [0.15, 0.2) is 11.6 Å². The van der Waals surface area contributed by atoms with Crippen LogP contribution in [0.15, 0.2) is 40.4 Å². The topological polar surface area (TPSA) is 74.7 Å². The zero-order chi connectivity index (χ0) is 24.1. The maximum absolute atomic E-state index is 15.3. The number of anilines is 2. The van der Waals surface area contributed by atoms with Crippen LogP contribution in [0.2, 0.25) is 0 Å². The molecular formula is C27H31FN6O. The van der Waals surface area contributed by atoms with Crippen molar-refractivity contribution in [3.05, 3.63) is 52.4 Å². The lowest BCUT2D eigenvalue weighted by atomic mass is 10.1. The van der Waals surface area contributed by atoms with E-state index in [1.54, 1.807) is 6.07 Å². The van der Waals surface area contributed by atoms with Gasteiger partial charge in [-0.3, -0.25) is 4.99 Å². The van der Waals surface area contributed by atoms with Crippen LogP contribution in [0.1, 0.15) is 44.7 Å². The minimum absolute atomic E-state index is 0.117. The van der Waals surface area contributed by atoms with Crippen molar-refractivity contribution in [1.82, 2.24) is 15.3 Å². The number of aliphatic imine (C=N–C) groups is 1. The van der Waals surface area contributed by atoms with Gasteiger partial charge in [-0.25, -0.2) is 4.39 Å². The van der Waals surface area contributed by atoms with Gasteiger partial charge in [0.1, 0.15) is 17.5 Å². The molecular weight excluding hydrogens is 443 g/mol. The van der Waals surface area contributed by atoms with Gasteiger partial charge >= 0.3 is 6.01 Å². The lowest BCUT2D eigenvalue weighted by Crippen LogP contribution is -2.54. The number of hydrogen-bond donors (Lipinski definition) is 2. The maximum atomic E-state index is 15.3. The molecule has 8 heteroatoms. The van der Waals surface area contributed by atoms with Crippen molar-refractivity contribution in [3.8, 4) is 11.8 Å². The third kappa shape index (κ3) is 4.67. The standard InChI is InChI=1S/C27H31FN6O/c1-15-8-19-6-7-22(26(28)21(19)9-15)35-27-32-24(31-23-10-20(12-29-23)18-4-5-18)11-25(33-27)34-13-16(2)30-17(3)14-34/h6-7,9-11,16-18,30H,4-5,8,12-14H2,1-3H3,(H,29,31,32,33)/t16-,17+. The molecule has 2 aliphatic carbocycles. The summed E-state index contributed by atoms with van der Waals surface area (Å²) in [6.07, 6.45) is 7.29. The Bertz CT molecular complexity index is 1250. The van der Waals surface area contributed by atoms with Crippen LogP contribution in [0.3, 0.4) is 0 Å². The third-order valence-electron chi connectivity index (χ3n) is 6.98. The number of ether oxygens (including phenoxy) is 1. The zero-order valence-electron chi connectivity index (χ0n) is 20.4. The first-order valence-corrected chi connectivity index (χ1v) is 12.5. The number of aromatic nitrogens is 2. The average Bonchev–Trinajstić information content (AvgIpc) is 3.44. The highest BCUT2D eigenvalue weighted by Gasteiger charge is 2.28. The molecule has 2 aromatic rings. The molecule has 182 valence electrons. The Morgan fingerprint density at radius 1 is 1.11 bits per heavy atom. The van der Waals surface area contributed by atoms with Gasteiger partial charge in [-0.2, -0.15) is 9.97 Å². The number of allylic oxidation sites excluding steroid dienone is 1. The van der Waals surface area contributed by atoms with Crippen molar-refractivity contribution >= 4 is 23.5 Å². The lowest BCUT2D eigenvalue weighted by molar-refractivity contribution is 0.396. The molecule has 1 saturated heterocycles. The van der Waals surface area contributed by atoms with E-state index in [2.05, 4.69) is 50.4 Å². The van der Waals surface area contributed by atoms with Crippen molar-refractivity contribution in [2.24, 2.45) is 10.9 Å². The molecule has 4 aliphatic rings. The number of nitrogens with one attached hydrogen (secondary N) is 2. The van der Waals surface area contributed by atoms with Crippen molar-refractivity contribution in [2.45, 2.75) is 52.1 Å². The van der Waals surface area contributed by atoms with Crippen LogP contribution in [-0.4, -0.2) is 47.5 Å². The zero-order valence-corrected chi connectivity index (χ0v) is 20.4. The first-order chi connectivity index (χ1) is 16.9. The number of fused-ring (bicyclic) bond motifs is 1. The number of nitrogens with zero attached hydrogens (tertiary/aromatic N) is 4. The number of piperazine rings is 1. The van der Waals surface area contributed by atoms with Crippen LogP contribution in [0, 0.1) is 11.7 Å². The monoisotopic (exact) mass is 474 g/mol. The van der Waals surface area contributed by atoms with Crippen LogP contribution in [0.25, 0.3) is 6.08 Å². The highest BCUT2D eigenvalue weighted by molar-refractivity contribution is 6.05.